The fourth-order valence-corrected chi connectivity index (χ4v) is 7.21. The summed E-state index contributed by atoms with van der Waals surface area (Å²) in [6.07, 6.45) is 4.86. The van der Waals surface area contributed by atoms with Crippen LogP contribution in [0.3, 0.4) is 0 Å². The Kier molecular flexibility index (Phi) is 6.20. The van der Waals surface area contributed by atoms with E-state index in [0.29, 0.717) is 13.1 Å². The van der Waals surface area contributed by atoms with Crippen molar-refractivity contribution in [3.63, 3.8) is 0 Å². The van der Waals surface area contributed by atoms with Gasteiger partial charge in [-0.1, -0.05) is 19.9 Å². The van der Waals surface area contributed by atoms with Gasteiger partial charge in [0.2, 0.25) is 0 Å². The molecule has 3 aromatic rings. The minimum absolute atomic E-state index is 0.133. The Morgan fingerprint density at radius 3 is 2.42 bits per heavy atom. The first-order valence-corrected chi connectivity index (χ1v) is 14.1. The molecule has 1 saturated carbocycles. The van der Waals surface area contributed by atoms with E-state index in [9.17, 15) is 13.6 Å². The zero-order valence-corrected chi connectivity index (χ0v) is 23.7. The van der Waals surface area contributed by atoms with Crippen LogP contribution >= 0.6 is 0 Å². The molecule has 7 nitrogen and oxygen atoms in total. The standard InChI is InChI=1S/C31H35F2N5O2/c1-29(2,3)40-28(39)38-15-11-18(12-16-38)27-34-14-10-24(35-27)31-13-9-20(30(31,4)5)19-17-23(36-37-26(19)31)25-21(32)7-6-8-22(25)33/h6-8,10,14,17-18,20H,9,11-13,15-16H2,1-5H3/t20-,31+/m0/s1. The second kappa shape index (κ2) is 9.28. The molecule has 0 N–H and O–H groups in total. The van der Waals surface area contributed by atoms with Gasteiger partial charge >= 0.3 is 6.09 Å². The van der Waals surface area contributed by atoms with E-state index in [2.05, 4.69) is 29.0 Å². The zero-order valence-electron chi connectivity index (χ0n) is 23.7. The molecule has 1 saturated heterocycles. The zero-order chi connectivity index (χ0) is 28.4. The van der Waals surface area contributed by atoms with Crippen molar-refractivity contribution in [2.75, 3.05) is 13.1 Å². The van der Waals surface area contributed by atoms with Crippen LogP contribution < -0.4 is 0 Å². The molecule has 2 fully saturated rings. The summed E-state index contributed by atoms with van der Waals surface area (Å²) in [5.74, 6) is -0.216. The predicted octanol–water partition coefficient (Wildman–Crippen LogP) is 6.53. The molecule has 1 aromatic carbocycles. The second-order valence-corrected chi connectivity index (χ2v) is 12.9. The molecule has 3 heterocycles. The van der Waals surface area contributed by atoms with E-state index in [1.807, 2.05) is 39.1 Å². The van der Waals surface area contributed by atoms with Crippen molar-refractivity contribution in [1.29, 1.82) is 0 Å². The molecule has 0 spiro atoms. The van der Waals surface area contributed by atoms with Crippen molar-refractivity contribution in [3.05, 3.63) is 70.9 Å². The minimum Gasteiger partial charge on any atom is -0.444 e. The van der Waals surface area contributed by atoms with Crippen LogP contribution in [0.4, 0.5) is 13.6 Å². The number of nitrogens with zero attached hydrogens (tertiary/aromatic N) is 5. The number of carbonyl (C=O) groups is 1. The summed E-state index contributed by atoms with van der Waals surface area (Å²) >= 11 is 0. The van der Waals surface area contributed by atoms with Gasteiger partial charge < -0.3 is 9.64 Å². The van der Waals surface area contributed by atoms with Crippen molar-refractivity contribution in [2.45, 2.75) is 83.2 Å². The van der Waals surface area contributed by atoms with Crippen LogP contribution in [0.2, 0.25) is 0 Å². The van der Waals surface area contributed by atoms with Crippen LogP contribution in [0.15, 0.2) is 36.5 Å². The first-order valence-electron chi connectivity index (χ1n) is 14.1. The first kappa shape index (κ1) is 26.7. The molecule has 1 aliphatic heterocycles. The van der Waals surface area contributed by atoms with E-state index in [4.69, 9.17) is 9.72 Å². The number of hydrogen-bond donors (Lipinski definition) is 0. The average Bonchev–Trinajstić information content (AvgIpc) is 3.29. The number of ether oxygens (including phenoxy) is 1. The molecule has 2 atom stereocenters. The van der Waals surface area contributed by atoms with Crippen molar-refractivity contribution < 1.29 is 18.3 Å². The number of benzene rings is 1. The number of amides is 1. The highest BCUT2D eigenvalue weighted by atomic mass is 19.1. The van der Waals surface area contributed by atoms with Gasteiger partial charge in [0, 0.05) is 25.2 Å². The lowest BCUT2D eigenvalue weighted by molar-refractivity contribution is 0.0203. The van der Waals surface area contributed by atoms with Gasteiger partial charge in [0.15, 0.2) is 0 Å². The molecule has 3 aliphatic rings. The average molecular weight is 548 g/mol. The summed E-state index contributed by atoms with van der Waals surface area (Å²) in [6, 6.07) is 7.63. The Labute approximate surface area is 233 Å². The van der Waals surface area contributed by atoms with Crippen LogP contribution in [0.5, 0.6) is 0 Å². The maximum absolute atomic E-state index is 14.6. The van der Waals surface area contributed by atoms with Crippen LogP contribution in [0.25, 0.3) is 11.3 Å². The number of hydrogen-bond acceptors (Lipinski definition) is 6. The van der Waals surface area contributed by atoms with E-state index >= 15 is 0 Å². The molecule has 1 amide bonds. The van der Waals surface area contributed by atoms with Gasteiger partial charge in [0.25, 0.3) is 0 Å². The van der Waals surface area contributed by atoms with Gasteiger partial charge in [-0.05, 0) is 87.6 Å². The lowest BCUT2D eigenvalue weighted by Crippen LogP contribution is -2.41. The number of fused-ring (bicyclic) bond motifs is 5. The van der Waals surface area contributed by atoms with Crippen LogP contribution in [-0.4, -0.2) is 49.8 Å². The maximum atomic E-state index is 14.6. The monoisotopic (exact) mass is 547 g/mol. The Hall–Kier alpha value is -3.49. The Morgan fingerprint density at radius 1 is 1.05 bits per heavy atom. The highest BCUT2D eigenvalue weighted by Gasteiger charge is 2.65. The van der Waals surface area contributed by atoms with E-state index < -0.39 is 22.7 Å². The molecular weight excluding hydrogens is 512 g/mol. The van der Waals surface area contributed by atoms with Crippen LogP contribution in [0.1, 0.15) is 94.9 Å². The lowest BCUT2D eigenvalue weighted by Gasteiger charge is -2.38. The Bertz CT molecular complexity index is 1460. The van der Waals surface area contributed by atoms with Gasteiger partial charge in [-0.3, -0.25) is 0 Å². The van der Waals surface area contributed by atoms with Gasteiger partial charge in [-0.25, -0.2) is 23.5 Å². The van der Waals surface area contributed by atoms with Crippen molar-refractivity contribution in [2.24, 2.45) is 5.41 Å². The molecule has 2 bridgehead atoms. The van der Waals surface area contributed by atoms with Crippen LogP contribution in [0, 0.1) is 17.0 Å². The molecule has 2 aromatic heterocycles. The number of carbonyl (C=O) groups excluding carboxylic acids is 1. The third-order valence-corrected chi connectivity index (χ3v) is 9.22. The van der Waals surface area contributed by atoms with Gasteiger partial charge in [-0.2, -0.15) is 5.10 Å². The normalized spacial score (nSPS) is 23.8. The summed E-state index contributed by atoms with van der Waals surface area (Å²) in [4.78, 5) is 24.1. The minimum atomic E-state index is -0.649. The number of rotatable bonds is 3. The number of piperidine rings is 1. The van der Waals surface area contributed by atoms with E-state index in [0.717, 1.165) is 48.5 Å². The largest absolute Gasteiger partial charge is 0.444 e. The summed E-state index contributed by atoms with van der Waals surface area (Å²) in [7, 11) is 0. The van der Waals surface area contributed by atoms with Gasteiger partial charge in [0.05, 0.1) is 28.1 Å². The number of likely N-dealkylation sites (tertiary alicyclic amines) is 1. The fraction of sp³-hybridized carbons (Fsp3) is 0.516. The highest BCUT2D eigenvalue weighted by Crippen LogP contribution is 2.69. The van der Waals surface area contributed by atoms with E-state index in [-0.39, 0.29) is 34.6 Å². The van der Waals surface area contributed by atoms with Crippen molar-refractivity contribution in [3.8, 4) is 11.3 Å². The Morgan fingerprint density at radius 2 is 1.75 bits per heavy atom. The van der Waals surface area contributed by atoms with E-state index in [1.165, 1.54) is 18.2 Å². The SMILES string of the molecule is CC(C)(C)OC(=O)N1CCC(c2nccc([C@]34CC[C@@H](c5cc(-c6c(F)cccc6F)nnc53)C4(C)C)n2)CC1. The predicted molar refractivity (Wildman–Crippen MR) is 146 cm³/mol. The Balaban J connectivity index is 1.31. The quantitative estimate of drug-likeness (QED) is 0.371. The van der Waals surface area contributed by atoms with Crippen molar-refractivity contribution >= 4 is 6.09 Å². The van der Waals surface area contributed by atoms with Gasteiger partial charge in [-0.15, -0.1) is 5.10 Å². The summed E-state index contributed by atoms with van der Waals surface area (Å²) in [5, 5.41) is 8.98. The molecule has 40 heavy (non-hydrogen) atoms. The summed E-state index contributed by atoms with van der Waals surface area (Å²) in [5.41, 5.74) is 1.61. The molecule has 9 heteroatoms. The molecular formula is C31H35F2N5O2. The number of aromatic nitrogens is 4. The molecule has 210 valence electrons. The summed E-state index contributed by atoms with van der Waals surface area (Å²) < 4.78 is 34.7. The van der Waals surface area contributed by atoms with E-state index in [1.54, 1.807) is 4.90 Å². The summed E-state index contributed by atoms with van der Waals surface area (Å²) in [6.45, 7) is 11.3. The van der Waals surface area contributed by atoms with Crippen molar-refractivity contribution in [1.82, 2.24) is 25.1 Å². The molecule has 0 unspecified atom stereocenters. The first-order chi connectivity index (χ1) is 18.9. The van der Waals surface area contributed by atoms with Crippen LogP contribution in [-0.2, 0) is 10.2 Å². The van der Waals surface area contributed by atoms with Gasteiger partial charge in [0.1, 0.15) is 23.1 Å². The number of halogens is 2. The maximum Gasteiger partial charge on any atom is 0.410 e. The third-order valence-electron chi connectivity index (χ3n) is 9.22. The topological polar surface area (TPSA) is 81.1 Å². The molecule has 0 radical (unpaired) electrons. The second-order valence-electron chi connectivity index (χ2n) is 12.9. The molecule has 2 aliphatic carbocycles. The highest BCUT2D eigenvalue weighted by molar-refractivity contribution is 5.68. The third kappa shape index (κ3) is 4.08. The smallest absolute Gasteiger partial charge is 0.410 e. The molecule has 6 rings (SSSR count). The fourth-order valence-electron chi connectivity index (χ4n) is 7.21. The lowest BCUT2D eigenvalue weighted by atomic mass is 9.66.